The molecule has 2 aromatic carbocycles. The van der Waals surface area contributed by atoms with Crippen LogP contribution in [0.15, 0.2) is 65.2 Å². The minimum atomic E-state index is -0.746. The third kappa shape index (κ3) is 2.99. The Balaban J connectivity index is 2.11. The van der Waals surface area contributed by atoms with Crippen LogP contribution in [-0.2, 0) is 0 Å². The minimum absolute atomic E-state index is 0.124. The van der Waals surface area contributed by atoms with E-state index in [-0.39, 0.29) is 22.1 Å². The highest BCUT2D eigenvalue weighted by Gasteiger charge is 2.43. The smallest absolute Gasteiger partial charge is 0.273 e. The van der Waals surface area contributed by atoms with Crippen molar-refractivity contribution in [2.45, 2.75) is 11.2 Å². The standard InChI is InChI=1S/C18H13N3O3S/c19-10-13-15(12-8-4-5-9-14(12)21(23)24)17(25-18(13)20)16(22)11-6-2-1-3-7-11/h1-9,15,17H,20H2/t15-,17-/m1/s1. The Hall–Kier alpha value is -3.11. The molecule has 124 valence electrons. The van der Waals surface area contributed by atoms with Gasteiger partial charge in [0, 0.05) is 23.1 Å². The second-order valence-corrected chi connectivity index (χ2v) is 6.64. The number of nitro groups is 1. The number of thioether (sulfide) groups is 1. The maximum Gasteiger partial charge on any atom is 0.273 e. The van der Waals surface area contributed by atoms with E-state index in [4.69, 9.17) is 5.73 Å². The van der Waals surface area contributed by atoms with Crippen molar-refractivity contribution in [2.24, 2.45) is 5.73 Å². The second-order valence-electron chi connectivity index (χ2n) is 5.45. The number of benzene rings is 2. The Morgan fingerprint density at radius 3 is 2.44 bits per heavy atom. The van der Waals surface area contributed by atoms with E-state index >= 15 is 0 Å². The summed E-state index contributed by atoms with van der Waals surface area (Å²) in [7, 11) is 0. The fraction of sp³-hybridized carbons (Fsp3) is 0.111. The van der Waals surface area contributed by atoms with Gasteiger partial charge in [0.1, 0.15) is 0 Å². The topological polar surface area (TPSA) is 110 Å². The molecule has 7 heteroatoms. The van der Waals surface area contributed by atoms with Crippen LogP contribution in [0.25, 0.3) is 0 Å². The Morgan fingerprint density at radius 1 is 1.16 bits per heavy atom. The number of ketones is 1. The summed E-state index contributed by atoms with van der Waals surface area (Å²) >= 11 is 1.09. The summed E-state index contributed by atoms with van der Waals surface area (Å²) in [5, 5.41) is 20.4. The predicted octanol–water partition coefficient (Wildman–Crippen LogP) is 3.37. The number of hydrogen-bond acceptors (Lipinski definition) is 6. The number of carbonyl (C=O) groups is 1. The Morgan fingerprint density at radius 2 is 1.80 bits per heavy atom. The van der Waals surface area contributed by atoms with Gasteiger partial charge in [0.25, 0.3) is 5.69 Å². The summed E-state index contributed by atoms with van der Waals surface area (Å²) in [6.07, 6.45) is 0. The Labute approximate surface area is 148 Å². The fourth-order valence-electron chi connectivity index (χ4n) is 2.90. The van der Waals surface area contributed by atoms with Crippen molar-refractivity contribution in [1.82, 2.24) is 0 Å². The molecular formula is C18H13N3O3S. The molecule has 2 N–H and O–H groups in total. The van der Waals surface area contributed by atoms with Crippen LogP contribution >= 0.6 is 11.8 Å². The molecule has 25 heavy (non-hydrogen) atoms. The molecular weight excluding hydrogens is 338 g/mol. The van der Waals surface area contributed by atoms with E-state index in [9.17, 15) is 20.2 Å². The highest BCUT2D eigenvalue weighted by atomic mass is 32.2. The van der Waals surface area contributed by atoms with Gasteiger partial charge in [-0.1, -0.05) is 60.3 Å². The molecule has 0 radical (unpaired) electrons. The fourth-order valence-corrected chi connectivity index (χ4v) is 4.14. The number of rotatable bonds is 4. The molecule has 1 aliphatic heterocycles. The molecule has 0 aromatic heterocycles. The Kier molecular flexibility index (Phi) is 4.55. The summed E-state index contributed by atoms with van der Waals surface area (Å²) in [4.78, 5) is 23.8. The summed E-state index contributed by atoms with van der Waals surface area (Å²) in [6.45, 7) is 0. The van der Waals surface area contributed by atoms with E-state index in [0.717, 1.165) is 11.8 Å². The van der Waals surface area contributed by atoms with Crippen molar-refractivity contribution in [3.63, 3.8) is 0 Å². The third-order valence-electron chi connectivity index (χ3n) is 4.04. The monoisotopic (exact) mass is 351 g/mol. The van der Waals surface area contributed by atoms with Gasteiger partial charge in [-0.3, -0.25) is 14.9 Å². The van der Waals surface area contributed by atoms with Crippen LogP contribution in [0.3, 0.4) is 0 Å². The number of para-hydroxylation sites is 1. The van der Waals surface area contributed by atoms with E-state index in [1.807, 2.05) is 6.07 Å². The maximum atomic E-state index is 12.9. The van der Waals surface area contributed by atoms with Crippen LogP contribution < -0.4 is 5.73 Å². The van der Waals surface area contributed by atoms with Crippen LogP contribution in [0.2, 0.25) is 0 Å². The number of nitriles is 1. The van der Waals surface area contributed by atoms with Crippen LogP contribution in [0.4, 0.5) is 5.69 Å². The van der Waals surface area contributed by atoms with E-state index in [1.54, 1.807) is 48.5 Å². The van der Waals surface area contributed by atoms with Crippen LogP contribution in [-0.4, -0.2) is 16.0 Å². The lowest BCUT2D eigenvalue weighted by molar-refractivity contribution is -0.385. The third-order valence-corrected chi connectivity index (χ3v) is 5.25. The lowest BCUT2D eigenvalue weighted by atomic mass is 9.85. The molecule has 0 spiro atoms. The van der Waals surface area contributed by atoms with Crippen molar-refractivity contribution in [3.8, 4) is 6.07 Å². The van der Waals surface area contributed by atoms with Crippen LogP contribution in [0, 0.1) is 21.4 Å². The lowest BCUT2D eigenvalue weighted by Gasteiger charge is -2.19. The maximum absolute atomic E-state index is 12.9. The van der Waals surface area contributed by atoms with Gasteiger partial charge in [-0.15, -0.1) is 0 Å². The molecule has 1 heterocycles. The summed E-state index contributed by atoms with van der Waals surface area (Å²) in [5.74, 6) is -0.953. The number of nitrogens with two attached hydrogens (primary N) is 1. The minimum Gasteiger partial charge on any atom is -0.393 e. The molecule has 0 unspecified atom stereocenters. The van der Waals surface area contributed by atoms with Gasteiger partial charge >= 0.3 is 0 Å². The molecule has 0 saturated heterocycles. The largest absolute Gasteiger partial charge is 0.393 e. The molecule has 1 aliphatic rings. The van der Waals surface area contributed by atoms with E-state index in [1.165, 1.54) is 6.07 Å². The molecule has 3 rings (SSSR count). The first-order valence-electron chi connectivity index (χ1n) is 7.43. The molecule has 6 nitrogen and oxygen atoms in total. The van der Waals surface area contributed by atoms with Crippen LogP contribution in [0.5, 0.6) is 0 Å². The zero-order valence-electron chi connectivity index (χ0n) is 13.0. The van der Waals surface area contributed by atoms with Crippen LogP contribution in [0.1, 0.15) is 21.8 Å². The molecule has 0 bridgehead atoms. The van der Waals surface area contributed by atoms with Gasteiger partial charge < -0.3 is 5.73 Å². The summed E-state index contributed by atoms with van der Waals surface area (Å²) in [6, 6.07) is 16.8. The van der Waals surface area contributed by atoms with Crippen molar-refractivity contribution in [1.29, 1.82) is 5.26 Å². The summed E-state index contributed by atoms with van der Waals surface area (Å²) < 4.78 is 0. The highest BCUT2D eigenvalue weighted by Crippen LogP contribution is 2.48. The quantitative estimate of drug-likeness (QED) is 0.514. The number of Topliss-reactive ketones (excluding diaryl/α,β-unsaturated/α-hetero) is 1. The molecule has 2 atom stereocenters. The first kappa shape index (κ1) is 16.7. The normalized spacial score (nSPS) is 19.5. The number of nitro benzene ring substituents is 1. The highest BCUT2D eigenvalue weighted by molar-refractivity contribution is 8.04. The van der Waals surface area contributed by atoms with Gasteiger partial charge in [-0.25, -0.2) is 0 Å². The lowest BCUT2D eigenvalue weighted by Crippen LogP contribution is -2.24. The first-order valence-corrected chi connectivity index (χ1v) is 8.31. The van der Waals surface area contributed by atoms with E-state index < -0.39 is 16.1 Å². The number of hydrogen-bond donors (Lipinski definition) is 1. The average Bonchev–Trinajstić information content (AvgIpc) is 2.97. The van der Waals surface area contributed by atoms with Crippen molar-refractivity contribution < 1.29 is 9.72 Å². The van der Waals surface area contributed by atoms with Gasteiger partial charge in [0.15, 0.2) is 5.78 Å². The van der Waals surface area contributed by atoms with Crippen molar-refractivity contribution >= 4 is 23.2 Å². The zero-order chi connectivity index (χ0) is 18.0. The Bertz CT molecular complexity index is 919. The van der Waals surface area contributed by atoms with Gasteiger partial charge in [0.05, 0.1) is 26.8 Å². The van der Waals surface area contributed by atoms with E-state index in [0.29, 0.717) is 11.1 Å². The van der Waals surface area contributed by atoms with E-state index in [2.05, 4.69) is 0 Å². The molecule has 0 saturated carbocycles. The van der Waals surface area contributed by atoms with Crippen molar-refractivity contribution in [3.05, 3.63) is 86.4 Å². The first-order chi connectivity index (χ1) is 12.0. The number of allylic oxidation sites excluding steroid dienone is 1. The van der Waals surface area contributed by atoms with Gasteiger partial charge in [0.2, 0.25) is 0 Å². The van der Waals surface area contributed by atoms with Gasteiger partial charge in [-0.05, 0) is 0 Å². The SMILES string of the molecule is N#CC1=C(N)S[C@@H](C(=O)c2ccccc2)[C@@H]1c1ccccc1[N+](=O)[O-]. The molecule has 0 fully saturated rings. The summed E-state index contributed by atoms with van der Waals surface area (Å²) in [5.41, 5.74) is 6.83. The van der Waals surface area contributed by atoms with Gasteiger partial charge in [-0.2, -0.15) is 5.26 Å². The number of carbonyl (C=O) groups excluding carboxylic acids is 1. The average molecular weight is 351 g/mol. The zero-order valence-corrected chi connectivity index (χ0v) is 13.8. The predicted molar refractivity (Wildman–Crippen MR) is 94.8 cm³/mol. The van der Waals surface area contributed by atoms with Crippen molar-refractivity contribution in [2.75, 3.05) is 0 Å². The second kappa shape index (κ2) is 6.79. The number of nitrogens with zero attached hydrogens (tertiary/aromatic N) is 2. The molecule has 0 aliphatic carbocycles. The molecule has 0 amide bonds. The molecule has 2 aromatic rings.